The molecule has 0 saturated heterocycles. The van der Waals surface area contributed by atoms with Crippen molar-refractivity contribution in [2.45, 2.75) is 30.5 Å². The first-order valence-corrected chi connectivity index (χ1v) is 12.1. The third kappa shape index (κ3) is 8.57. The Bertz CT molecular complexity index is 1120. The van der Waals surface area contributed by atoms with E-state index < -0.39 is 0 Å². The van der Waals surface area contributed by atoms with Gasteiger partial charge in [0.15, 0.2) is 6.61 Å². The van der Waals surface area contributed by atoms with Crippen molar-refractivity contribution in [2.75, 3.05) is 6.61 Å². The first kappa shape index (κ1) is 25.3. The minimum atomic E-state index is -0.288. The largest absolute Gasteiger partial charge is 0.484 e. The minimum Gasteiger partial charge on any atom is -0.484 e. The lowest BCUT2D eigenvalue weighted by atomic mass is 10.1. The van der Waals surface area contributed by atoms with Crippen molar-refractivity contribution in [2.24, 2.45) is 5.10 Å². The van der Waals surface area contributed by atoms with Gasteiger partial charge in [0, 0.05) is 27.3 Å². The smallest absolute Gasteiger partial charge is 0.271 e. The molecule has 3 rings (SSSR count). The highest BCUT2D eigenvalue weighted by Crippen LogP contribution is 2.24. The Hall–Kier alpha value is -3.29. The van der Waals surface area contributed by atoms with Crippen molar-refractivity contribution in [3.8, 4) is 5.75 Å². The summed E-state index contributed by atoms with van der Waals surface area (Å²) in [4.78, 5) is 25.1. The van der Waals surface area contributed by atoms with Gasteiger partial charge in [-0.2, -0.15) is 5.10 Å². The van der Waals surface area contributed by atoms with Crippen molar-refractivity contribution >= 4 is 41.4 Å². The predicted molar refractivity (Wildman–Crippen MR) is 138 cm³/mol. The molecule has 2 N–H and O–H groups in total. The van der Waals surface area contributed by atoms with E-state index in [1.165, 1.54) is 0 Å². The third-order valence-corrected chi connectivity index (χ3v) is 5.85. The molecule has 176 valence electrons. The first-order chi connectivity index (χ1) is 16.4. The van der Waals surface area contributed by atoms with E-state index in [-0.39, 0.29) is 24.5 Å². The fourth-order valence-corrected chi connectivity index (χ4v) is 3.82. The summed E-state index contributed by atoms with van der Waals surface area (Å²) in [6, 6.07) is 22.3. The highest BCUT2D eigenvalue weighted by Gasteiger charge is 2.06. The van der Waals surface area contributed by atoms with E-state index in [9.17, 15) is 9.59 Å². The first-order valence-electron chi connectivity index (χ1n) is 10.7. The SMILES string of the molecule is CC(C)NC(=O)COc1ccc(/C=N\NC(=O)c2ccc(CSc3ccc(Cl)cc3)cc2)cc1. The lowest BCUT2D eigenvalue weighted by Crippen LogP contribution is -2.34. The average molecular weight is 496 g/mol. The van der Waals surface area contributed by atoms with Crippen LogP contribution >= 0.6 is 23.4 Å². The maximum Gasteiger partial charge on any atom is 0.271 e. The Balaban J connectivity index is 1.44. The van der Waals surface area contributed by atoms with E-state index in [0.717, 1.165) is 26.8 Å². The maximum atomic E-state index is 12.3. The molecule has 3 aromatic carbocycles. The number of nitrogens with zero attached hydrogens (tertiary/aromatic N) is 1. The molecule has 0 spiro atoms. The minimum absolute atomic E-state index is 0.0414. The summed E-state index contributed by atoms with van der Waals surface area (Å²) in [7, 11) is 0. The summed E-state index contributed by atoms with van der Waals surface area (Å²) >= 11 is 7.62. The second-order valence-electron chi connectivity index (χ2n) is 7.72. The number of carbonyl (C=O) groups excluding carboxylic acids is 2. The van der Waals surface area contributed by atoms with Crippen LogP contribution in [0.3, 0.4) is 0 Å². The molecule has 0 aromatic heterocycles. The van der Waals surface area contributed by atoms with Gasteiger partial charge in [-0.1, -0.05) is 23.7 Å². The molecule has 0 unspecified atom stereocenters. The number of carbonyl (C=O) groups is 2. The molecule has 0 fully saturated rings. The van der Waals surface area contributed by atoms with Crippen molar-refractivity contribution in [1.82, 2.24) is 10.7 Å². The molecule has 0 aliphatic heterocycles. The zero-order chi connectivity index (χ0) is 24.3. The normalized spacial score (nSPS) is 10.9. The molecule has 34 heavy (non-hydrogen) atoms. The van der Waals surface area contributed by atoms with Gasteiger partial charge in [-0.25, -0.2) is 5.43 Å². The molecule has 0 heterocycles. The molecule has 8 heteroatoms. The monoisotopic (exact) mass is 495 g/mol. The van der Waals surface area contributed by atoms with Crippen LogP contribution in [-0.2, 0) is 10.5 Å². The Morgan fingerprint density at radius 2 is 1.68 bits per heavy atom. The van der Waals surface area contributed by atoms with Crippen LogP contribution in [0.5, 0.6) is 5.75 Å². The average Bonchev–Trinajstić information content (AvgIpc) is 2.83. The molecule has 0 radical (unpaired) electrons. The lowest BCUT2D eigenvalue weighted by molar-refractivity contribution is -0.123. The van der Waals surface area contributed by atoms with Crippen LogP contribution in [0, 0.1) is 0 Å². The standard InChI is InChI=1S/C26H26ClN3O3S/c1-18(2)29-25(31)16-33-23-11-5-19(6-12-23)15-28-30-26(32)21-7-3-20(4-8-21)17-34-24-13-9-22(27)10-14-24/h3-15,18H,16-17H2,1-2H3,(H,29,31)(H,30,32)/b28-15-. The van der Waals surface area contributed by atoms with Gasteiger partial charge in [0.25, 0.3) is 11.8 Å². The van der Waals surface area contributed by atoms with Gasteiger partial charge < -0.3 is 10.1 Å². The van der Waals surface area contributed by atoms with E-state index in [4.69, 9.17) is 16.3 Å². The lowest BCUT2D eigenvalue weighted by Gasteiger charge is -2.09. The number of hydrazone groups is 1. The molecule has 6 nitrogen and oxygen atoms in total. The van der Waals surface area contributed by atoms with E-state index in [1.54, 1.807) is 54.4 Å². The van der Waals surface area contributed by atoms with E-state index in [0.29, 0.717) is 11.3 Å². The molecule has 2 amide bonds. The van der Waals surface area contributed by atoms with Crippen molar-refractivity contribution < 1.29 is 14.3 Å². The van der Waals surface area contributed by atoms with Gasteiger partial charge in [0.05, 0.1) is 6.21 Å². The number of ether oxygens (including phenoxy) is 1. The number of thioether (sulfide) groups is 1. The van der Waals surface area contributed by atoms with Crippen LogP contribution in [0.15, 0.2) is 82.8 Å². The van der Waals surface area contributed by atoms with Crippen LogP contribution in [0.2, 0.25) is 5.02 Å². The van der Waals surface area contributed by atoms with E-state index in [1.807, 2.05) is 50.2 Å². The molecular weight excluding hydrogens is 470 g/mol. The quantitative estimate of drug-likeness (QED) is 0.227. The molecule has 0 bridgehead atoms. The fraction of sp³-hybridized carbons (Fsp3) is 0.192. The zero-order valence-corrected chi connectivity index (χ0v) is 20.5. The Labute approximate surface area is 208 Å². The summed E-state index contributed by atoms with van der Waals surface area (Å²) in [5.74, 6) is 0.916. The number of amides is 2. The number of rotatable bonds is 10. The highest BCUT2D eigenvalue weighted by atomic mass is 35.5. The maximum absolute atomic E-state index is 12.3. The number of hydrogen-bond donors (Lipinski definition) is 2. The molecule has 0 saturated carbocycles. The number of nitrogens with one attached hydrogen (secondary N) is 2. The summed E-state index contributed by atoms with van der Waals surface area (Å²) in [6.45, 7) is 3.74. The van der Waals surface area contributed by atoms with Gasteiger partial charge in [0.1, 0.15) is 5.75 Å². The summed E-state index contributed by atoms with van der Waals surface area (Å²) in [5, 5.41) is 7.50. The van der Waals surface area contributed by atoms with E-state index in [2.05, 4.69) is 15.8 Å². The van der Waals surface area contributed by atoms with Crippen molar-refractivity contribution in [3.05, 3.63) is 94.5 Å². The molecule has 0 atom stereocenters. The Kier molecular flexibility index (Phi) is 9.55. The van der Waals surface area contributed by atoms with Gasteiger partial charge in [-0.3, -0.25) is 9.59 Å². The van der Waals surface area contributed by atoms with Gasteiger partial charge >= 0.3 is 0 Å². The molecule has 0 aliphatic rings. The van der Waals surface area contributed by atoms with Crippen LogP contribution in [0.25, 0.3) is 0 Å². The van der Waals surface area contributed by atoms with Gasteiger partial charge in [-0.05, 0) is 85.6 Å². The molecular formula is C26H26ClN3O3S. The second-order valence-corrected chi connectivity index (χ2v) is 9.20. The third-order valence-electron chi connectivity index (χ3n) is 4.51. The van der Waals surface area contributed by atoms with E-state index >= 15 is 0 Å². The second kappa shape index (κ2) is 12.8. The van der Waals surface area contributed by atoms with Crippen molar-refractivity contribution in [1.29, 1.82) is 0 Å². The highest BCUT2D eigenvalue weighted by molar-refractivity contribution is 7.98. The number of halogens is 1. The Morgan fingerprint density at radius 3 is 2.32 bits per heavy atom. The summed E-state index contributed by atoms with van der Waals surface area (Å²) in [6.07, 6.45) is 1.55. The van der Waals surface area contributed by atoms with Crippen LogP contribution in [0.1, 0.15) is 35.3 Å². The van der Waals surface area contributed by atoms with Crippen molar-refractivity contribution in [3.63, 3.8) is 0 Å². The number of hydrogen-bond acceptors (Lipinski definition) is 5. The van der Waals surface area contributed by atoms with Gasteiger partial charge in [0.2, 0.25) is 0 Å². The topological polar surface area (TPSA) is 79.8 Å². The predicted octanol–water partition coefficient (Wildman–Crippen LogP) is 5.30. The Morgan fingerprint density at radius 1 is 1.00 bits per heavy atom. The summed E-state index contributed by atoms with van der Waals surface area (Å²) < 4.78 is 5.45. The molecule has 3 aromatic rings. The fourth-order valence-electron chi connectivity index (χ4n) is 2.84. The zero-order valence-electron chi connectivity index (χ0n) is 19.0. The summed E-state index contributed by atoms with van der Waals surface area (Å²) in [5.41, 5.74) is 4.96. The van der Waals surface area contributed by atoms with Crippen LogP contribution < -0.4 is 15.5 Å². The van der Waals surface area contributed by atoms with Crippen LogP contribution in [0.4, 0.5) is 0 Å². The number of benzene rings is 3. The van der Waals surface area contributed by atoms with Gasteiger partial charge in [-0.15, -0.1) is 11.8 Å². The molecule has 0 aliphatic carbocycles. The van der Waals surface area contributed by atoms with Crippen LogP contribution in [-0.4, -0.2) is 30.7 Å².